The normalized spacial score (nSPS) is 11.2. The van der Waals surface area contributed by atoms with E-state index in [1.165, 1.54) is 12.1 Å². The number of pyridine rings is 1. The third-order valence-corrected chi connectivity index (χ3v) is 6.47. The van der Waals surface area contributed by atoms with E-state index in [0.29, 0.717) is 27.5 Å². The smallest absolute Gasteiger partial charge is 0.247 e. The molecule has 0 saturated carbocycles. The number of aromatic nitrogens is 5. The van der Waals surface area contributed by atoms with Crippen molar-refractivity contribution in [3.8, 4) is 11.1 Å². The highest BCUT2D eigenvalue weighted by Gasteiger charge is 2.17. The molecule has 0 aliphatic rings. The monoisotopic (exact) mass is 552 g/mol. The standard InChI is InChI=1S/C25H19BrClFN6O/c1-15-23-19(16-6-8-18(28)9-7-16)10-11-29-25(23)34(31-15)14-22(35)30-24-20(26)13-33(32-24)12-17-4-2-3-5-21(17)27/h2-11,13H,12,14H2,1H3,(H,30,32,35). The van der Waals surface area contributed by atoms with Gasteiger partial charge in [-0.05, 0) is 63.8 Å². The molecule has 0 atom stereocenters. The third kappa shape index (κ3) is 4.82. The minimum absolute atomic E-state index is 0.0476. The molecule has 0 radical (unpaired) electrons. The van der Waals surface area contributed by atoms with Crippen LogP contribution in [0.2, 0.25) is 5.02 Å². The fourth-order valence-electron chi connectivity index (χ4n) is 3.93. The summed E-state index contributed by atoms with van der Waals surface area (Å²) in [6.45, 7) is 2.28. The lowest BCUT2D eigenvalue weighted by Crippen LogP contribution is -2.20. The second-order valence-electron chi connectivity index (χ2n) is 7.97. The molecule has 3 heterocycles. The summed E-state index contributed by atoms with van der Waals surface area (Å²) in [4.78, 5) is 17.3. The molecule has 5 aromatic rings. The number of rotatable bonds is 6. The SMILES string of the molecule is Cc1nn(CC(=O)Nc2nn(Cc3ccccc3Cl)cc2Br)c2nccc(-c3ccc(F)cc3)c12. The van der Waals surface area contributed by atoms with Crippen LogP contribution in [-0.2, 0) is 17.9 Å². The molecule has 0 fully saturated rings. The Labute approximate surface area is 213 Å². The van der Waals surface area contributed by atoms with Gasteiger partial charge in [-0.1, -0.05) is 41.9 Å². The lowest BCUT2D eigenvalue weighted by Gasteiger charge is -2.06. The van der Waals surface area contributed by atoms with Crippen LogP contribution >= 0.6 is 27.5 Å². The van der Waals surface area contributed by atoms with Crippen molar-refractivity contribution in [2.24, 2.45) is 0 Å². The van der Waals surface area contributed by atoms with Crippen LogP contribution in [0.1, 0.15) is 11.3 Å². The molecule has 2 aromatic carbocycles. The number of nitrogens with one attached hydrogen (secondary N) is 1. The van der Waals surface area contributed by atoms with Crippen LogP contribution in [0.3, 0.4) is 0 Å². The maximum atomic E-state index is 13.4. The van der Waals surface area contributed by atoms with Gasteiger partial charge in [-0.25, -0.2) is 14.1 Å². The number of hydrogen-bond donors (Lipinski definition) is 1. The fraction of sp³-hybridized carbons (Fsp3) is 0.120. The average Bonchev–Trinajstić information content (AvgIpc) is 3.34. The van der Waals surface area contributed by atoms with Crippen molar-refractivity contribution in [1.82, 2.24) is 24.5 Å². The van der Waals surface area contributed by atoms with Crippen molar-refractivity contribution in [2.75, 3.05) is 5.32 Å². The Bertz CT molecular complexity index is 1550. The van der Waals surface area contributed by atoms with Crippen molar-refractivity contribution < 1.29 is 9.18 Å². The number of aryl methyl sites for hydroxylation is 1. The summed E-state index contributed by atoms with van der Waals surface area (Å²) >= 11 is 9.70. The third-order valence-electron chi connectivity index (χ3n) is 5.52. The van der Waals surface area contributed by atoms with Gasteiger partial charge in [0.2, 0.25) is 5.91 Å². The Balaban J connectivity index is 1.36. The summed E-state index contributed by atoms with van der Waals surface area (Å²) in [6, 6.07) is 15.6. The van der Waals surface area contributed by atoms with Gasteiger partial charge in [0, 0.05) is 22.8 Å². The molecule has 1 amide bonds. The number of amides is 1. The summed E-state index contributed by atoms with van der Waals surface area (Å²) in [5.41, 5.74) is 3.94. The van der Waals surface area contributed by atoms with E-state index in [2.05, 4.69) is 36.4 Å². The lowest BCUT2D eigenvalue weighted by molar-refractivity contribution is -0.116. The van der Waals surface area contributed by atoms with Gasteiger partial charge in [0.05, 0.1) is 16.7 Å². The van der Waals surface area contributed by atoms with Crippen molar-refractivity contribution >= 4 is 50.3 Å². The van der Waals surface area contributed by atoms with Crippen LogP contribution in [0.25, 0.3) is 22.2 Å². The summed E-state index contributed by atoms with van der Waals surface area (Å²) in [6.07, 6.45) is 3.44. The minimum Gasteiger partial charge on any atom is -0.307 e. The van der Waals surface area contributed by atoms with E-state index < -0.39 is 0 Å². The number of nitrogens with zero attached hydrogens (tertiary/aromatic N) is 5. The van der Waals surface area contributed by atoms with Gasteiger partial charge in [-0.3, -0.25) is 9.48 Å². The molecule has 176 valence electrons. The van der Waals surface area contributed by atoms with E-state index in [9.17, 15) is 9.18 Å². The second-order valence-corrected chi connectivity index (χ2v) is 9.23. The van der Waals surface area contributed by atoms with Crippen LogP contribution in [-0.4, -0.2) is 30.5 Å². The van der Waals surface area contributed by atoms with E-state index >= 15 is 0 Å². The van der Waals surface area contributed by atoms with Crippen LogP contribution in [0.4, 0.5) is 10.2 Å². The van der Waals surface area contributed by atoms with E-state index in [-0.39, 0.29) is 18.3 Å². The Morgan fingerprint density at radius 2 is 1.89 bits per heavy atom. The molecule has 0 aliphatic carbocycles. The summed E-state index contributed by atoms with van der Waals surface area (Å²) in [5, 5.41) is 13.3. The molecule has 1 N–H and O–H groups in total. The van der Waals surface area contributed by atoms with Gasteiger partial charge in [-0.15, -0.1) is 0 Å². The molecule has 7 nitrogen and oxygen atoms in total. The summed E-state index contributed by atoms with van der Waals surface area (Å²) in [5.74, 6) is -0.203. The maximum Gasteiger partial charge on any atom is 0.247 e. The highest BCUT2D eigenvalue weighted by molar-refractivity contribution is 9.10. The number of hydrogen-bond acceptors (Lipinski definition) is 4. The zero-order valence-electron chi connectivity index (χ0n) is 18.5. The molecule has 0 unspecified atom stereocenters. The van der Waals surface area contributed by atoms with Crippen molar-refractivity contribution in [2.45, 2.75) is 20.0 Å². The van der Waals surface area contributed by atoms with E-state index in [1.807, 2.05) is 37.3 Å². The second kappa shape index (κ2) is 9.59. The number of anilines is 1. The molecular weight excluding hydrogens is 535 g/mol. The number of fused-ring (bicyclic) bond motifs is 1. The fourth-order valence-corrected chi connectivity index (χ4v) is 4.54. The number of carbonyl (C=O) groups is 1. The maximum absolute atomic E-state index is 13.4. The number of benzene rings is 2. The molecule has 0 saturated heterocycles. The molecule has 0 bridgehead atoms. The number of halogens is 3. The van der Waals surface area contributed by atoms with Gasteiger partial charge in [-0.2, -0.15) is 10.2 Å². The molecule has 0 spiro atoms. The zero-order valence-corrected chi connectivity index (χ0v) is 20.9. The molecule has 0 aliphatic heterocycles. The Hall–Kier alpha value is -3.56. The molecule has 10 heteroatoms. The van der Waals surface area contributed by atoms with E-state index in [0.717, 1.165) is 27.8 Å². The van der Waals surface area contributed by atoms with Gasteiger partial charge in [0.1, 0.15) is 12.4 Å². The van der Waals surface area contributed by atoms with Crippen LogP contribution in [0, 0.1) is 12.7 Å². The highest BCUT2D eigenvalue weighted by Crippen LogP contribution is 2.30. The highest BCUT2D eigenvalue weighted by atomic mass is 79.9. The van der Waals surface area contributed by atoms with Crippen LogP contribution in [0.15, 0.2) is 71.5 Å². The van der Waals surface area contributed by atoms with Crippen molar-refractivity contribution in [1.29, 1.82) is 0 Å². The Morgan fingerprint density at radius 3 is 2.66 bits per heavy atom. The predicted octanol–water partition coefficient (Wildman–Crippen LogP) is 5.85. The minimum atomic E-state index is -0.302. The van der Waals surface area contributed by atoms with Gasteiger partial charge >= 0.3 is 0 Å². The quantitative estimate of drug-likeness (QED) is 0.286. The van der Waals surface area contributed by atoms with Crippen molar-refractivity contribution in [3.63, 3.8) is 0 Å². The average molecular weight is 554 g/mol. The van der Waals surface area contributed by atoms with Crippen molar-refractivity contribution in [3.05, 3.63) is 93.6 Å². The molecule has 5 rings (SSSR count). The summed E-state index contributed by atoms with van der Waals surface area (Å²) < 4.78 is 17.3. The van der Waals surface area contributed by atoms with Crippen LogP contribution in [0.5, 0.6) is 0 Å². The van der Waals surface area contributed by atoms with Gasteiger partial charge in [0.25, 0.3) is 0 Å². The molecule has 35 heavy (non-hydrogen) atoms. The summed E-state index contributed by atoms with van der Waals surface area (Å²) in [7, 11) is 0. The van der Waals surface area contributed by atoms with Crippen LogP contribution < -0.4 is 5.32 Å². The molecular formula is C25H19BrClFN6O. The topological polar surface area (TPSA) is 77.6 Å². The first kappa shape index (κ1) is 23.2. The largest absolute Gasteiger partial charge is 0.307 e. The van der Waals surface area contributed by atoms with E-state index in [1.54, 1.807) is 33.9 Å². The Kier molecular flexibility index (Phi) is 6.36. The number of carbonyl (C=O) groups excluding carboxylic acids is 1. The zero-order chi connectivity index (χ0) is 24.5. The van der Waals surface area contributed by atoms with Gasteiger partial charge in [0.15, 0.2) is 11.5 Å². The predicted molar refractivity (Wildman–Crippen MR) is 137 cm³/mol. The first-order valence-corrected chi connectivity index (χ1v) is 11.9. The first-order chi connectivity index (χ1) is 16.9. The lowest BCUT2D eigenvalue weighted by atomic mass is 10.0. The van der Waals surface area contributed by atoms with Gasteiger partial charge < -0.3 is 5.32 Å². The Morgan fingerprint density at radius 1 is 1.11 bits per heavy atom. The van der Waals surface area contributed by atoms with E-state index in [4.69, 9.17) is 11.6 Å². The molecule has 3 aromatic heterocycles. The first-order valence-electron chi connectivity index (χ1n) is 10.7.